The molecule has 0 spiro atoms. The summed E-state index contributed by atoms with van der Waals surface area (Å²) in [6.45, 7) is 3.34. The second-order valence-corrected chi connectivity index (χ2v) is 7.06. The number of aryl methyl sites for hydroxylation is 1. The lowest BCUT2D eigenvalue weighted by Crippen LogP contribution is -2.30. The minimum Gasteiger partial charge on any atom is -0.481 e. The smallest absolute Gasteiger partial charge is 0.308 e. The number of rotatable bonds is 3. The van der Waals surface area contributed by atoms with Crippen LogP contribution in [0.5, 0.6) is 0 Å². The number of aliphatic carboxylic acids is 1. The van der Waals surface area contributed by atoms with E-state index in [0.717, 1.165) is 10.4 Å². The summed E-state index contributed by atoms with van der Waals surface area (Å²) in [6, 6.07) is 3.57. The maximum atomic E-state index is 13.3. The van der Waals surface area contributed by atoms with Crippen LogP contribution in [0.3, 0.4) is 0 Å². The van der Waals surface area contributed by atoms with E-state index in [4.69, 9.17) is 5.11 Å². The van der Waals surface area contributed by atoms with E-state index < -0.39 is 27.7 Å². The second kappa shape index (κ2) is 5.14. The molecule has 0 bridgehead atoms. The minimum atomic E-state index is -3.86. The van der Waals surface area contributed by atoms with E-state index in [9.17, 15) is 17.6 Å². The van der Waals surface area contributed by atoms with Crippen molar-refractivity contribution >= 4 is 16.0 Å². The second-order valence-electron chi connectivity index (χ2n) is 5.15. The van der Waals surface area contributed by atoms with Crippen molar-refractivity contribution in [3.8, 4) is 0 Å². The van der Waals surface area contributed by atoms with Gasteiger partial charge in [0.2, 0.25) is 10.0 Å². The SMILES string of the molecule is Cc1ccc(F)cc1S(=O)(=O)N1C[C@@H](C)[C@H](C(=O)O)C1. The van der Waals surface area contributed by atoms with Crippen LogP contribution in [0, 0.1) is 24.6 Å². The Labute approximate surface area is 117 Å². The molecule has 1 N–H and O–H groups in total. The standard InChI is InChI=1S/C13H16FNO4S/c1-8-3-4-10(14)5-12(8)20(18,19)15-6-9(2)11(7-15)13(16)17/h3-5,9,11H,6-7H2,1-2H3,(H,16,17)/t9-,11-/m1/s1. The van der Waals surface area contributed by atoms with E-state index in [1.54, 1.807) is 13.8 Å². The lowest BCUT2D eigenvalue weighted by molar-refractivity contribution is -0.142. The van der Waals surface area contributed by atoms with Crippen molar-refractivity contribution in [2.24, 2.45) is 11.8 Å². The monoisotopic (exact) mass is 301 g/mol. The Morgan fingerprint density at radius 2 is 2.05 bits per heavy atom. The molecule has 0 saturated carbocycles. The number of carboxylic acid groups (broad SMARTS) is 1. The average molecular weight is 301 g/mol. The Morgan fingerprint density at radius 3 is 2.60 bits per heavy atom. The molecule has 7 heteroatoms. The minimum absolute atomic E-state index is 0.0746. The number of carboxylic acids is 1. The summed E-state index contributed by atoms with van der Waals surface area (Å²) in [5.74, 6) is -2.63. The van der Waals surface area contributed by atoms with Crippen molar-refractivity contribution in [3.63, 3.8) is 0 Å². The molecular formula is C13H16FNO4S. The van der Waals surface area contributed by atoms with Crippen LogP contribution < -0.4 is 0 Å². The molecule has 2 atom stereocenters. The van der Waals surface area contributed by atoms with Crippen LogP contribution in [0.15, 0.2) is 23.1 Å². The average Bonchev–Trinajstić information content (AvgIpc) is 2.75. The van der Waals surface area contributed by atoms with Gasteiger partial charge in [0.15, 0.2) is 0 Å². The number of halogens is 1. The molecule has 2 rings (SSSR count). The topological polar surface area (TPSA) is 74.7 Å². The third-order valence-electron chi connectivity index (χ3n) is 3.66. The highest BCUT2D eigenvalue weighted by Gasteiger charge is 2.41. The van der Waals surface area contributed by atoms with Crippen LogP contribution in [-0.4, -0.2) is 36.9 Å². The molecule has 0 aromatic heterocycles. The zero-order valence-electron chi connectivity index (χ0n) is 11.2. The molecule has 0 amide bonds. The fraction of sp³-hybridized carbons (Fsp3) is 0.462. The molecule has 1 aliphatic heterocycles. The van der Waals surface area contributed by atoms with Crippen molar-refractivity contribution in [1.29, 1.82) is 0 Å². The van der Waals surface area contributed by atoms with E-state index >= 15 is 0 Å². The summed E-state index contributed by atoms with van der Waals surface area (Å²) < 4.78 is 39.4. The molecule has 1 saturated heterocycles. The first-order valence-electron chi connectivity index (χ1n) is 6.22. The molecule has 1 aromatic rings. The van der Waals surface area contributed by atoms with E-state index in [-0.39, 0.29) is 23.9 Å². The molecular weight excluding hydrogens is 285 g/mol. The summed E-state index contributed by atoms with van der Waals surface area (Å²) >= 11 is 0. The van der Waals surface area contributed by atoms with Gasteiger partial charge in [-0.3, -0.25) is 4.79 Å². The van der Waals surface area contributed by atoms with Crippen molar-refractivity contribution in [3.05, 3.63) is 29.6 Å². The van der Waals surface area contributed by atoms with E-state index in [1.165, 1.54) is 12.1 Å². The highest BCUT2D eigenvalue weighted by atomic mass is 32.2. The van der Waals surface area contributed by atoms with Gasteiger partial charge in [-0.05, 0) is 30.5 Å². The lowest BCUT2D eigenvalue weighted by Gasteiger charge is -2.17. The fourth-order valence-electron chi connectivity index (χ4n) is 2.43. The first kappa shape index (κ1) is 14.9. The number of hydrogen-bond acceptors (Lipinski definition) is 3. The number of benzene rings is 1. The number of nitrogens with zero attached hydrogens (tertiary/aromatic N) is 1. The Bertz CT molecular complexity index is 644. The zero-order chi connectivity index (χ0) is 15.1. The molecule has 0 unspecified atom stereocenters. The van der Waals surface area contributed by atoms with Gasteiger partial charge in [0, 0.05) is 13.1 Å². The summed E-state index contributed by atoms with van der Waals surface area (Å²) in [5, 5.41) is 9.05. The van der Waals surface area contributed by atoms with E-state index in [1.807, 2.05) is 0 Å². The molecule has 20 heavy (non-hydrogen) atoms. The Kier molecular flexibility index (Phi) is 3.84. The molecule has 1 aromatic carbocycles. The summed E-state index contributed by atoms with van der Waals surface area (Å²) in [6.07, 6.45) is 0. The lowest BCUT2D eigenvalue weighted by atomic mass is 9.99. The summed E-state index contributed by atoms with van der Waals surface area (Å²) in [7, 11) is -3.86. The van der Waals surface area contributed by atoms with Gasteiger partial charge >= 0.3 is 5.97 Å². The number of carbonyl (C=O) groups is 1. The third kappa shape index (κ3) is 2.55. The molecule has 1 fully saturated rings. The predicted molar refractivity (Wildman–Crippen MR) is 70.2 cm³/mol. The Hall–Kier alpha value is -1.47. The van der Waals surface area contributed by atoms with Crippen molar-refractivity contribution in [2.45, 2.75) is 18.7 Å². The Morgan fingerprint density at radius 1 is 1.40 bits per heavy atom. The van der Waals surface area contributed by atoms with Gasteiger partial charge < -0.3 is 5.11 Å². The zero-order valence-corrected chi connectivity index (χ0v) is 12.0. The van der Waals surface area contributed by atoms with Gasteiger partial charge in [0.25, 0.3) is 0 Å². The van der Waals surface area contributed by atoms with Crippen molar-refractivity contribution < 1.29 is 22.7 Å². The third-order valence-corrected chi connectivity index (χ3v) is 5.64. The maximum absolute atomic E-state index is 13.3. The van der Waals surface area contributed by atoms with Crippen LogP contribution in [0.1, 0.15) is 12.5 Å². The summed E-state index contributed by atoms with van der Waals surface area (Å²) in [4.78, 5) is 11.0. The molecule has 110 valence electrons. The maximum Gasteiger partial charge on any atom is 0.308 e. The van der Waals surface area contributed by atoms with E-state index in [2.05, 4.69) is 0 Å². The highest BCUT2D eigenvalue weighted by molar-refractivity contribution is 7.89. The first-order chi connectivity index (χ1) is 9.23. The van der Waals surface area contributed by atoms with Gasteiger partial charge in [-0.15, -0.1) is 0 Å². The Balaban J connectivity index is 2.37. The van der Waals surface area contributed by atoms with Crippen LogP contribution >= 0.6 is 0 Å². The molecule has 0 radical (unpaired) electrons. The first-order valence-corrected chi connectivity index (χ1v) is 7.66. The van der Waals surface area contributed by atoms with E-state index in [0.29, 0.717) is 5.56 Å². The van der Waals surface area contributed by atoms with Crippen LogP contribution in [0.4, 0.5) is 4.39 Å². The van der Waals surface area contributed by atoms with Gasteiger partial charge in [0.1, 0.15) is 5.82 Å². The van der Waals surface area contributed by atoms with Gasteiger partial charge in [-0.1, -0.05) is 13.0 Å². The normalized spacial score (nSPS) is 23.9. The number of sulfonamides is 1. The van der Waals surface area contributed by atoms with Crippen LogP contribution in [-0.2, 0) is 14.8 Å². The van der Waals surface area contributed by atoms with Gasteiger partial charge in [-0.25, -0.2) is 12.8 Å². The molecule has 1 heterocycles. The molecule has 0 aliphatic carbocycles. The quantitative estimate of drug-likeness (QED) is 0.917. The van der Waals surface area contributed by atoms with Crippen LogP contribution in [0.25, 0.3) is 0 Å². The predicted octanol–water partition coefficient (Wildman–Crippen LogP) is 1.48. The van der Waals surface area contributed by atoms with Gasteiger partial charge in [0.05, 0.1) is 10.8 Å². The van der Waals surface area contributed by atoms with Crippen LogP contribution in [0.2, 0.25) is 0 Å². The summed E-state index contributed by atoms with van der Waals surface area (Å²) in [5.41, 5.74) is 0.442. The van der Waals surface area contributed by atoms with Crippen molar-refractivity contribution in [2.75, 3.05) is 13.1 Å². The molecule has 1 aliphatic rings. The largest absolute Gasteiger partial charge is 0.481 e. The van der Waals surface area contributed by atoms with Crippen molar-refractivity contribution in [1.82, 2.24) is 4.31 Å². The molecule has 5 nitrogen and oxygen atoms in total. The van der Waals surface area contributed by atoms with Gasteiger partial charge in [-0.2, -0.15) is 4.31 Å². The fourth-order valence-corrected chi connectivity index (χ4v) is 4.23. The highest BCUT2D eigenvalue weighted by Crippen LogP contribution is 2.30. The number of hydrogen-bond donors (Lipinski definition) is 1.